The largest absolute Gasteiger partial charge is 0.365 e. The van der Waals surface area contributed by atoms with Crippen molar-refractivity contribution in [3.05, 3.63) is 42.5 Å². The van der Waals surface area contributed by atoms with Crippen LogP contribution in [-0.2, 0) is 23.4 Å². The van der Waals surface area contributed by atoms with Gasteiger partial charge in [0.2, 0.25) is 0 Å². The number of sulfone groups is 1. The number of nitrogens with one attached hydrogen (secondary N) is 1. The van der Waals surface area contributed by atoms with Gasteiger partial charge in [0.05, 0.1) is 16.6 Å². The first kappa shape index (κ1) is 14.5. The first-order valence-electron chi connectivity index (χ1n) is 6.60. The van der Waals surface area contributed by atoms with Crippen LogP contribution in [0.15, 0.2) is 41.8 Å². The van der Waals surface area contributed by atoms with E-state index in [2.05, 4.69) is 20.4 Å². The number of fused-ring (bicyclic) bond motifs is 1. The van der Waals surface area contributed by atoms with E-state index in [0.29, 0.717) is 23.3 Å². The van der Waals surface area contributed by atoms with Crippen LogP contribution in [0.2, 0.25) is 0 Å². The molecule has 0 spiro atoms. The standard InChI is InChI=1S/C14H15N5O2S/c1-19-8-10(7-18-19)6-15-14-12-5-11(22(2,20)21)3-4-13(12)16-9-17-14/h3-5,7-9H,6H2,1-2H3,(H,15,16,17). The van der Waals surface area contributed by atoms with E-state index in [9.17, 15) is 8.42 Å². The molecule has 0 amide bonds. The Morgan fingerprint density at radius 2 is 2.09 bits per heavy atom. The SMILES string of the molecule is Cn1cc(CNc2ncnc3ccc(S(C)(=O)=O)cc23)cn1. The van der Waals surface area contributed by atoms with Crippen molar-refractivity contribution in [3.8, 4) is 0 Å². The monoisotopic (exact) mass is 317 g/mol. The molecule has 0 fully saturated rings. The molecule has 0 atom stereocenters. The van der Waals surface area contributed by atoms with Gasteiger partial charge in [-0.2, -0.15) is 5.10 Å². The molecule has 0 aliphatic heterocycles. The van der Waals surface area contributed by atoms with Gasteiger partial charge in [-0.05, 0) is 18.2 Å². The van der Waals surface area contributed by atoms with Gasteiger partial charge in [0.1, 0.15) is 12.1 Å². The van der Waals surface area contributed by atoms with Crippen LogP contribution < -0.4 is 5.32 Å². The van der Waals surface area contributed by atoms with Crippen LogP contribution in [0.4, 0.5) is 5.82 Å². The van der Waals surface area contributed by atoms with Crippen LogP contribution >= 0.6 is 0 Å². The number of nitrogens with zero attached hydrogens (tertiary/aromatic N) is 4. The zero-order chi connectivity index (χ0) is 15.7. The third-order valence-electron chi connectivity index (χ3n) is 3.25. The fourth-order valence-electron chi connectivity index (χ4n) is 2.16. The molecule has 7 nitrogen and oxygen atoms in total. The van der Waals surface area contributed by atoms with E-state index in [1.54, 1.807) is 29.1 Å². The third kappa shape index (κ3) is 2.91. The lowest BCUT2D eigenvalue weighted by molar-refractivity contribution is 0.602. The molecule has 22 heavy (non-hydrogen) atoms. The first-order valence-corrected chi connectivity index (χ1v) is 8.49. The smallest absolute Gasteiger partial charge is 0.175 e. The van der Waals surface area contributed by atoms with E-state index in [1.807, 2.05) is 13.2 Å². The van der Waals surface area contributed by atoms with Gasteiger partial charge in [-0.25, -0.2) is 18.4 Å². The van der Waals surface area contributed by atoms with Crippen molar-refractivity contribution in [1.82, 2.24) is 19.7 Å². The molecule has 114 valence electrons. The van der Waals surface area contributed by atoms with E-state index >= 15 is 0 Å². The molecule has 0 radical (unpaired) electrons. The molecule has 1 N–H and O–H groups in total. The third-order valence-corrected chi connectivity index (χ3v) is 4.36. The van der Waals surface area contributed by atoms with Crippen LogP contribution in [0.1, 0.15) is 5.56 Å². The second-order valence-electron chi connectivity index (χ2n) is 5.05. The van der Waals surface area contributed by atoms with Gasteiger partial charge in [-0.3, -0.25) is 4.68 Å². The molecule has 3 aromatic rings. The quantitative estimate of drug-likeness (QED) is 0.782. The fourth-order valence-corrected chi connectivity index (χ4v) is 2.80. The second-order valence-corrected chi connectivity index (χ2v) is 7.06. The fraction of sp³-hybridized carbons (Fsp3) is 0.214. The predicted octanol–water partition coefficient (Wildman–Crippen LogP) is 1.38. The van der Waals surface area contributed by atoms with Gasteiger partial charge >= 0.3 is 0 Å². The zero-order valence-electron chi connectivity index (χ0n) is 12.2. The van der Waals surface area contributed by atoms with Crippen molar-refractivity contribution in [2.45, 2.75) is 11.4 Å². The van der Waals surface area contributed by atoms with Gasteiger partial charge in [0.15, 0.2) is 9.84 Å². The molecule has 2 aromatic heterocycles. The minimum atomic E-state index is -3.27. The summed E-state index contributed by atoms with van der Waals surface area (Å²) in [4.78, 5) is 8.62. The lowest BCUT2D eigenvalue weighted by atomic mass is 10.2. The normalized spacial score (nSPS) is 11.7. The maximum Gasteiger partial charge on any atom is 0.175 e. The highest BCUT2D eigenvalue weighted by Crippen LogP contribution is 2.23. The van der Waals surface area contributed by atoms with E-state index in [4.69, 9.17) is 0 Å². The lowest BCUT2D eigenvalue weighted by Crippen LogP contribution is -2.03. The zero-order valence-corrected chi connectivity index (χ0v) is 13.0. The molecule has 0 bridgehead atoms. The van der Waals surface area contributed by atoms with E-state index in [-0.39, 0.29) is 4.90 Å². The number of anilines is 1. The molecule has 0 saturated heterocycles. The summed E-state index contributed by atoms with van der Waals surface area (Å²) in [5.74, 6) is 0.597. The van der Waals surface area contributed by atoms with Crippen LogP contribution in [-0.4, -0.2) is 34.4 Å². The van der Waals surface area contributed by atoms with Gasteiger partial charge in [0, 0.05) is 37.0 Å². The average molecular weight is 317 g/mol. The van der Waals surface area contributed by atoms with Gasteiger partial charge < -0.3 is 5.32 Å². The molecule has 2 heterocycles. The Labute approximate surface area is 127 Å². The molecular weight excluding hydrogens is 302 g/mol. The number of aryl methyl sites for hydroxylation is 1. The van der Waals surface area contributed by atoms with Crippen LogP contribution in [0.25, 0.3) is 10.9 Å². The number of rotatable bonds is 4. The van der Waals surface area contributed by atoms with E-state index < -0.39 is 9.84 Å². The first-order chi connectivity index (χ1) is 10.4. The Bertz CT molecular complexity index is 933. The van der Waals surface area contributed by atoms with Gasteiger partial charge in [-0.1, -0.05) is 0 Å². The Balaban J connectivity index is 1.97. The topological polar surface area (TPSA) is 89.8 Å². The summed E-state index contributed by atoms with van der Waals surface area (Å²) in [6.45, 7) is 0.545. The summed E-state index contributed by atoms with van der Waals surface area (Å²) in [6.07, 6.45) is 6.30. The Hall–Kier alpha value is -2.48. The molecule has 0 saturated carbocycles. The highest BCUT2D eigenvalue weighted by molar-refractivity contribution is 7.90. The van der Waals surface area contributed by atoms with E-state index in [0.717, 1.165) is 5.56 Å². The summed E-state index contributed by atoms with van der Waals surface area (Å²) in [6, 6.07) is 4.83. The van der Waals surface area contributed by atoms with Crippen molar-refractivity contribution in [1.29, 1.82) is 0 Å². The number of benzene rings is 1. The number of aromatic nitrogens is 4. The maximum absolute atomic E-state index is 11.7. The van der Waals surface area contributed by atoms with E-state index in [1.165, 1.54) is 12.6 Å². The minimum Gasteiger partial charge on any atom is -0.365 e. The molecule has 3 rings (SSSR count). The van der Waals surface area contributed by atoms with Crippen LogP contribution in [0.3, 0.4) is 0 Å². The summed E-state index contributed by atoms with van der Waals surface area (Å²) in [5.41, 5.74) is 1.70. The molecule has 0 aliphatic carbocycles. The molecule has 8 heteroatoms. The van der Waals surface area contributed by atoms with Gasteiger partial charge in [0.25, 0.3) is 0 Å². The number of hydrogen-bond donors (Lipinski definition) is 1. The molecule has 1 aromatic carbocycles. The molecule has 0 unspecified atom stereocenters. The Morgan fingerprint density at radius 3 is 2.77 bits per heavy atom. The highest BCUT2D eigenvalue weighted by atomic mass is 32.2. The second kappa shape index (κ2) is 5.38. The van der Waals surface area contributed by atoms with Crippen molar-refractivity contribution in [2.24, 2.45) is 7.05 Å². The Morgan fingerprint density at radius 1 is 1.27 bits per heavy atom. The van der Waals surface area contributed by atoms with Crippen molar-refractivity contribution >= 4 is 26.6 Å². The molecule has 0 aliphatic rings. The summed E-state index contributed by atoms with van der Waals surface area (Å²) in [5, 5.41) is 7.97. The highest BCUT2D eigenvalue weighted by Gasteiger charge is 2.11. The van der Waals surface area contributed by atoms with Crippen molar-refractivity contribution in [2.75, 3.05) is 11.6 Å². The van der Waals surface area contributed by atoms with Crippen LogP contribution in [0.5, 0.6) is 0 Å². The lowest BCUT2D eigenvalue weighted by Gasteiger charge is -2.08. The summed E-state index contributed by atoms with van der Waals surface area (Å²) in [7, 11) is -1.42. The van der Waals surface area contributed by atoms with Crippen molar-refractivity contribution in [3.63, 3.8) is 0 Å². The Kier molecular flexibility index (Phi) is 3.53. The minimum absolute atomic E-state index is 0.249. The van der Waals surface area contributed by atoms with Crippen molar-refractivity contribution < 1.29 is 8.42 Å². The predicted molar refractivity (Wildman–Crippen MR) is 83.2 cm³/mol. The average Bonchev–Trinajstić information content (AvgIpc) is 2.89. The number of hydrogen-bond acceptors (Lipinski definition) is 6. The summed E-state index contributed by atoms with van der Waals surface area (Å²) < 4.78 is 25.1. The molecular formula is C14H15N5O2S. The van der Waals surface area contributed by atoms with Gasteiger partial charge in [-0.15, -0.1) is 0 Å². The van der Waals surface area contributed by atoms with Crippen LogP contribution in [0, 0.1) is 0 Å². The maximum atomic E-state index is 11.7. The summed E-state index contributed by atoms with van der Waals surface area (Å²) >= 11 is 0.